The van der Waals surface area contributed by atoms with Crippen molar-refractivity contribution in [1.29, 1.82) is 0 Å². The summed E-state index contributed by atoms with van der Waals surface area (Å²) in [6.45, 7) is 10.0. The Labute approximate surface area is 154 Å². The lowest BCUT2D eigenvalue weighted by Gasteiger charge is -2.21. The number of amides is 1. The highest BCUT2D eigenvalue weighted by Crippen LogP contribution is 2.27. The number of hydrogen-bond acceptors (Lipinski definition) is 4. The van der Waals surface area contributed by atoms with Gasteiger partial charge >= 0.3 is 0 Å². The number of anilines is 2. The second kappa shape index (κ2) is 7.52. The zero-order valence-electron chi connectivity index (χ0n) is 15.7. The van der Waals surface area contributed by atoms with Gasteiger partial charge in [-0.05, 0) is 63.6 Å². The molecule has 134 valence electrons. The number of rotatable bonds is 5. The fourth-order valence-electron chi connectivity index (χ4n) is 3.04. The molecule has 0 unspecified atom stereocenters. The SMILES string of the molecule is CCN(CC)c1ccc(N=C2C(=O)N(c3ccccc3)N=C2C)c(C)c1. The quantitative estimate of drug-likeness (QED) is 0.807. The predicted octanol–water partition coefficient (Wildman–Crippen LogP) is 4.34. The zero-order chi connectivity index (χ0) is 18.7. The Morgan fingerprint density at radius 1 is 1.04 bits per heavy atom. The summed E-state index contributed by atoms with van der Waals surface area (Å²) in [6, 6.07) is 15.6. The summed E-state index contributed by atoms with van der Waals surface area (Å²) in [6.07, 6.45) is 0. The fourth-order valence-corrected chi connectivity index (χ4v) is 3.04. The number of aryl methyl sites for hydroxylation is 1. The van der Waals surface area contributed by atoms with E-state index in [0.29, 0.717) is 11.4 Å². The van der Waals surface area contributed by atoms with Gasteiger partial charge in [0.15, 0.2) is 5.71 Å². The highest BCUT2D eigenvalue weighted by Gasteiger charge is 2.30. The van der Waals surface area contributed by atoms with Crippen LogP contribution in [0.3, 0.4) is 0 Å². The summed E-state index contributed by atoms with van der Waals surface area (Å²) in [5, 5.41) is 5.79. The molecule has 1 amide bonds. The predicted molar refractivity (Wildman–Crippen MR) is 109 cm³/mol. The number of hydrazone groups is 1. The molecule has 0 saturated carbocycles. The molecular formula is C21H24N4O. The molecule has 5 nitrogen and oxygen atoms in total. The van der Waals surface area contributed by atoms with Gasteiger partial charge in [-0.3, -0.25) is 4.79 Å². The molecule has 0 atom stereocenters. The Morgan fingerprint density at radius 2 is 1.73 bits per heavy atom. The van der Waals surface area contributed by atoms with Crippen molar-refractivity contribution < 1.29 is 4.79 Å². The molecule has 2 aromatic rings. The summed E-state index contributed by atoms with van der Waals surface area (Å²) in [7, 11) is 0. The molecule has 0 saturated heterocycles. The van der Waals surface area contributed by atoms with Crippen LogP contribution in [0.2, 0.25) is 0 Å². The van der Waals surface area contributed by atoms with Crippen LogP contribution in [0.1, 0.15) is 26.3 Å². The molecule has 0 aromatic heterocycles. The maximum Gasteiger partial charge on any atom is 0.299 e. The third-order valence-corrected chi connectivity index (χ3v) is 4.53. The van der Waals surface area contributed by atoms with E-state index in [-0.39, 0.29) is 5.91 Å². The molecule has 1 aliphatic rings. The Kier molecular flexibility index (Phi) is 5.16. The molecule has 3 rings (SSSR count). The highest BCUT2D eigenvalue weighted by molar-refractivity contribution is 6.71. The van der Waals surface area contributed by atoms with Gasteiger partial charge in [-0.1, -0.05) is 18.2 Å². The number of benzene rings is 2. The van der Waals surface area contributed by atoms with Crippen molar-refractivity contribution in [2.75, 3.05) is 23.0 Å². The lowest BCUT2D eigenvalue weighted by atomic mass is 10.1. The van der Waals surface area contributed by atoms with Crippen molar-refractivity contribution in [3.05, 3.63) is 54.1 Å². The van der Waals surface area contributed by atoms with E-state index in [1.54, 1.807) is 0 Å². The minimum atomic E-state index is -0.194. The molecule has 1 heterocycles. The van der Waals surface area contributed by atoms with Gasteiger partial charge in [-0.15, -0.1) is 0 Å². The molecular weight excluding hydrogens is 324 g/mol. The van der Waals surface area contributed by atoms with Crippen molar-refractivity contribution in [2.45, 2.75) is 27.7 Å². The lowest BCUT2D eigenvalue weighted by molar-refractivity contribution is -0.112. The first-order chi connectivity index (χ1) is 12.5. The number of para-hydroxylation sites is 1. The monoisotopic (exact) mass is 348 g/mol. The van der Waals surface area contributed by atoms with E-state index >= 15 is 0 Å². The van der Waals surface area contributed by atoms with Crippen LogP contribution in [0.4, 0.5) is 17.1 Å². The van der Waals surface area contributed by atoms with Crippen LogP contribution >= 0.6 is 0 Å². The molecule has 0 fully saturated rings. The first-order valence-corrected chi connectivity index (χ1v) is 8.94. The number of carbonyl (C=O) groups is 1. The van der Waals surface area contributed by atoms with Crippen LogP contribution in [-0.2, 0) is 4.79 Å². The van der Waals surface area contributed by atoms with E-state index in [1.165, 1.54) is 10.7 Å². The van der Waals surface area contributed by atoms with Crippen LogP contribution in [0.5, 0.6) is 0 Å². The maximum atomic E-state index is 12.8. The first kappa shape index (κ1) is 17.9. The van der Waals surface area contributed by atoms with Crippen molar-refractivity contribution >= 4 is 34.4 Å². The Bertz CT molecular complexity index is 867. The molecule has 26 heavy (non-hydrogen) atoms. The normalized spacial score (nSPS) is 15.5. The van der Waals surface area contributed by atoms with Crippen LogP contribution < -0.4 is 9.91 Å². The summed E-state index contributed by atoms with van der Waals surface area (Å²) >= 11 is 0. The van der Waals surface area contributed by atoms with Crippen molar-refractivity contribution in [2.24, 2.45) is 10.1 Å². The molecule has 5 heteroatoms. The van der Waals surface area contributed by atoms with Crippen LogP contribution in [0.15, 0.2) is 58.6 Å². The number of carbonyl (C=O) groups excluding carboxylic acids is 1. The first-order valence-electron chi connectivity index (χ1n) is 8.94. The van der Waals surface area contributed by atoms with Crippen molar-refractivity contribution in [3.8, 4) is 0 Å². The van der Waals surface area contributed by atoms with Gasteiger partial charge in [-0.25, -0.2) is 4.99 Å². The van der Waals surface area contributed by atoms with Crippen LogP contribution in [0, 0.1) is 6.92 Å². The van der Waals surface area contributed by atoms with Crippen LogP contribution in [-0.4, -0.2) is 30.4 Å². The molecule has 0 spiro atoms. The van der Waals surface area contributed by atoms with Gasteiger partial charge in [-0.2, -0.15) is 10.1 Å². The number of hydrogen-bond donors (Lipinski definition) is 0. The smallest absolute Gasteiger partial charge is 0.299 e. The average molecular weight is 348 g/mol. The van der Waals surface area contributed by atoms with E-state index in [4.69, 9.17) is 0 Å². The number of nitrogens with zero attached hydrogens (tertiary/aromatic N) is 4. The van der Waals surface area contributed by atoms with E-state index in [2.05, 4.69) is 41.0 Å². The lowest BCUT2D eigenvalue weighted by Crippen LogP contribution is -2.27. The van der Waals surface area contributed by atoms with Gasteiger partial charge in [0, 0.05) is 18.8 Å². The Balaban J connectivity index is 1.91. The minimum Gasteiger partial charge on any atom is -0.372 e. The zero-order valence-corrected chi connectivity index (χ0v) is 15.7. The topological polar surface area (TPSA) is 48.3 Å². The highest BCUT2D eigenvalue weighted by atomic mass is 16.2. The average Bonchev–Trinajstić information content (AvgIpc) is 2.93. The fraction of sp³-hybridized carbons (Fsp3) is 0.286. The van der Waals surface area contributed by atoms with Gasteiger partial charge in [0.1, 0.15) is 0 Å². The summed E-state index contributed by atoms with van der Waals surface area (Å²) < 4.78 is 0. The molecule has 1 aliphatic heterocycles. The minimum absolute atomic E-state index is 0.194. The second-order valence-electron chi connectivity index (χ2n) is 6.24. The molecule has 0 N–H and O–H groups in total. The summed E-state index contributed by atoms with van der Waals surface area (Å²) in [4.78, 5) is 19.7. The van der Waals surface area contributed by atoms with Gasteiger partial charge in [0.2, 0.25) is 0 Å². The third-order valence-electron chi connectivity index (χ3n) is 4.53. The van der Waals surface area contributed by atoms with E-state index in [1.807, 2.05) is 50.2 Å². The largest absolute Gasteiger partial charge is 0.372 e. The Hall–Kier alpha value is -2.95. The molecule has 2 aromatic carbocycles. The summed E-state index contributed by atoms with van der Waals surface area (Å²) in [5.41, 5.74) is 4.79. The number of aliphatic imine (C=N–C) groups is 1. The van der Waals surface area contributed by atoms with Gasteiger partial charge < -0.3 is 4.90 Å². The van der Waals surface area contributed by atoms with E-state index < -0.39 is 0 Å². The molecule has 0 bridgehead atoms. The standard InChI is InChI=1S/C21H24N4O/c1-5-24(6-2)18-12-13-19(15(3)14-18)22-20-16(4)23-25(21(20)26)17-10-8-7-9-11-17/h7-14H,5-6H2,1-4H3. The van der Waals surface area contributed by atoms with Crippen molar-refractivity contribution in [3.63, 3.8) is 0 Å². The third kappa shape index (κ3) is 3.38. The van der Waals surface area contributed by atoms with Gasteiger partial charge in [0.25, 0.3) is 5.91 Å². The van der Waals surface area contributed by atoms with Crippen LogP contribution in [0.25, 0.3) is 0 Å². The van der Waals surface area contributed by atoms with E-state index in [9.17, 15) is 4.79 Å². The Morgan fingerprint density at radius 3 is 2.35 bits per heavy atom. The second-order valence-corrected chi connectivity index (χ2v) is 6.24. The van der Waals surface area contributed by atoms with Gasteiger partial charge in [0.05, 0.1) is 17.1 Å². The molecule has 0 aliphatic carbocycles. The maximum absolute atomic E-state index is 12.8. The van der Waals surface area contributed by atoms with Crippen molar-refractivity contribution in [1.82, 2.24) is 0 Å². The molecule has 0 radical (unpaired) electrons. The summed E-state index contributed by atoms with van der Waals surface area (Å²) in [5.74, 6) is -0.194. The van der Waals surface area contributed by atoms with E-state index in [0.717, 1.165) is 30.0 Å².